The van der Waals surface area contributed by atoms with E-state index in [1.54, 1.807) is 0 Å². The third-order valence-electron chi connectivity index (χ3n) is 4.84. The van der Waals surface area contributed by atoms with Crippen molar-refractivity contribution in [3.05, 3.63) is 35.9 Å². The third-order valence-corrected chi connectivity index (χ3v) is 4.84. The fraction of sp³-hybridized carbons (Fsp3) is 0.588. The highest BCUT2D eigenvalue weighted by atomic mass is 16.5. The molecule has 5 nitrogen and oxygen atoms in total. The lowest BCUT2D eigenvalue weighted by Gasteiger charge is -2.41. The van der Waals surface area contributed by atoms with Crippen LogP contribution in [0.1, 0.15) is 24.4 Å². The lowest BCUT2D eigenvalue weighted by molar-refractivity contribution is -0.145. The minimum atomic E-state index is -0.672. The first-order valence-electron chi connectivity index (χ1n) is 7.98. The van der Waals surface area contributed by atoms with Gasteiger partial charge in [0.25, 0.3) is 0 Å². The van der Waals surface area contributed by atoms with Crippen LogP contribution in [0, 0.1) is 5.92 Å². The normalized spacial score (nSPS) is 32.4. The highest BCUT2D eigenvalue weighted by Gasteiger charge is 2.36. The number of ether oxygens (including phenoxy) is 1. The Labute approximate surface area is 131 Å². The minimum Gasteiger partial charge on any atom is -0.481 e. The maximum absolute atomic E-state index is 10.9. The van der Waals surface area contributed by atoms with E-state index in [1.807, 2.05) is 6.07 Å². The average molecular weight is 304 g/mol. The molecule has 2 atom stereocenters. The quantitative estimate of drug-likeness (QED) is 0.863. The molecule has 1 aromatic rings. The van der Waals surface area contributed by atoms with Gasteiger partial charge in [-0.25, -0.2) is 0 Å². The van der Waals surface area contributed by atoms with Gasteiger partial charge in [0.15, 0.2) is 0 Å². The van der Waals surface area contributed by atoms with Crippen molar-refractivity contribution in [3.63, 3.8) is 0 Å². The van der Waals surface area contributed by atoms with Gasteiger partial charge >= 0.3 is 5.97 Å². The van der Waals surface area contributed by atoms with Crippen LogP contribution in [0.4, 0.5) is 0 Å². The number of rotatable bonds is 5. The number of aliphatic carboxylic acids is 1. The van der Waals surface area contributed by atoms with E-state index in [0.29, 0.717) is 6.04 Å². The van der Waals surface area contributed by atoms with Crippen LogP contribution in [0.2, 0.25) is 0 Å². The number of nitrogens with one attached hydrogen (secondary N) is 1. The van der Waals surface area contributed by atoms with Crippen molar-refractivity contribution in [1.82, 2.24) is 10.2 Å². The van der Waals surface area contributed by atoms with Gasteiger partial charge in [0, 0.05) is 19.1 Å². The highest BCUT2D eigenvalue weighted by molar-refractivity contribution is 5.71. The van der Waals surface area contributed by atoms with Crippen LogP contribution in [-0.2, 0) is 9.53 Å². The number of nitrogens with zero attached hydrogens (tertiary/aromatic N) is 1. The molecule has 1 aromatic carbocycles. The van der Waals surface area contributed by atoms with E-state index >= 15 is 0 Å². The van der Waals surface area contributed by atoms with Crippen molar-refractivity contribution in [1.29, 1.82) is 0 Å². The molecule has 1 saturated carbocycles. The summed E-state index contributed by atoms with van der Waals surface area (Å²) in [5, 5.41) is 12.4. The first kappa shape index (κ1) is 15.5. The van der Waals surface area contributed by atoms with Crippen molar-refractivity contribution >= 4 is 5.97 Å². The number of hydrogen-bond donors (Lipinski definition) is 2. The van der Waals surface area contributed by atoms with Gasteiger partial charge in [-0.1, -0.05) is 30.3 Å². The van der Waals surface area contributed by atoms with Crippen LogP contribution >= 0.6 is 0 Å². The van der Waals surface area contributed by atoms with Crippen LogP contribution in [0.3, 0.4) is 0 Å². The molecular weight excluding hydrogens is 280 g/mol. The van der Waals surface area contributed by atoms with Crippen molar-refractivity contribution in [2.75, 3.05) is 26.7 Å². The number of hydrogen-bond acceptors (Lipinski definition) is 4. The summed E-state index contributed by atoms with van der Waals surface area (Å²) in [4.78, 5) is 13.2. The number of carboxylic acid groups (broad SMARTS) is 1. The topological polar surface area (TPSA) is 61.8 Å². The molecule has 1 aliphatic carbocycles. The molecule has 3 rings (SSSR count). The molecule has 2 fully saturated rings. The predicted octanol–water partition coefficient (Wildman–Crippen LogP) is 1.51. The monoisotopic (exact) mass is 304 g/mol. The number of likely N-dealkylation sites (N-methyl/N-ethyl adjacent to an activating group) is 1. The second kappa shape index (κ2) is 6.77. The van der Waals surface area contributed by atoms with Crippen LogP contribution in [0.15, 0.2) is 30.3 Å². The minimum absolute atomic E-state index is 0.102. The lowest BCUT2D eigenvalue weighted by atomic mass is 9.80. The standard InChI is InChI=1S/C17H24N2O3/c1-19-7-8-22-15(16(19)12-5-3-2-4-6-12)11-18-14-9-13(10-14)17(20)21/h2-6,13-16,18H,7-11H2,1H3,(H,20,21)/t13?,14?,15-,16-/m0/s1. The van der Waals surface area contributed by atoms with Crippen LogP contribution in [-0.4, -0.2) is 54.9 Å². The number of morpholine rings is 1. The van der Waals surface area contributed by atoms with Crippen molar-refractivity contribution in [2.24, 2.45) is 5.92 Å². The van der Waals surface area contributed by atoms with Crippen LogP contribution in [0.5, 0.6) is 0 Å². The summed E-state index contributed by atoms with van der Waals surface area (Å²) >= 11 is 0. The summed E-state index contributed by atoms with van der Waals surface area (Å²) in [6, 6.07) is 11.0. The van der Waals surface area contributed by atoms with Crippen molar-refractivity contribution in [3.8, 4) is 0 Å². The molecule has 0 bridgehead atoms. The largest absolute Gasteiger partial charge is 0.481 e. The zero-order valence-corrected chi connectivity index (χ0v) is 12.9. The molecule has 0 radical (unpaired) electrons. The molecule has 0 aromatic heterocycles. The van der Waals surface area contributed by atoms with Crippen LogP contribution < -0.4 is 5.32 Å². The Morgan fingerprint density at radius 2 is 2.09 bits per heavy atom. The van der Waals surface area contributed by atoms with Crippen molar-refractivity contribution < 1.29 is 14.6 Å². The SMILES string of the molecule is CN1CCO[C@@H](CNC2CC(C(=O)O)C2)[C@@H]1c1ccccc1. The Balaban J connectivity index is 1.58. The predicted molar refractivity (Wildman–Crippen MR) is 83.7 cm³/mol. The van der Waals surface area contributed by atoms with Gasteiger partial charge in [0.1, 0.15) is 0 Å². The molecule has 0 spiro atoms. The second-order valence-corrected chi connectivity index (χ2v) is 6.36. The molecule has 1 saturated heterocycles. The Bertz CT molecular complexity index is 502. The fourth-order valence-corrected chi connectivity index (χ4v) is 3.42. The Morgan fingerprint density at radius 3 is 2.77 bits per heavy atom. The molecule has 2 N–H and O–H groups in total. The molecule has 1 aliphatic heterocycles. The molecule has 1 heterocycles. The van der Waals surface area contributed by atoms with E-state index in [9.17, 15) is 4.79 Å². The number of carboxylic acids is 1. The Kier molecular flexibility index (Phi) is 4.76. The maximum Gasteiger partial charge on any atom is 0.306 e. The van der Waals surface area contributed by atoms with E-state index in [1.165, 1.54) is 5.56 Å². The van der Waals surface area contributed by atoms with Gasteiger partial charge in [0.2, 0.25) is 0 Å². The third kappa shape index (κ3) is 3.32. The van der Waals surface area contributed by atoms with Gasteiger partial charge in [-0.05, 0) is 25.5 Å². The molecule has 5 heteroatoms. The zero-order chi connectivity index (χ0) is 15.5. The number of benzene rings is 1. The van der Waals surface area contributed by atoms with Gasteiger partial charge in [-0.2, -0.15) is 0 Å². The van der Waals surface area contributed by atoms with Crippen molar-refractivity contribution in [2.45, 2.75) is 31.0 Å². The molecular formula is C17H24N2O3. The van der Waals surface area contributed by atoms with Gasteiger partial charge in [-0.15, -0.1) is 0 Å². The van der Waals surface area contributed by atoms with E-state index in [0.717, 1.165) is 32.5 Å². The van der Waals surface area contributed by atoms with E-state index in [-0.39, 0.29) is 18.1 Å². The molecule has 120 valence electrons. The summed E-state index contributed by atoms with van der Waals surface area (Å²) in [5.41, 5.74) is 1.27. The molecule has 0 amide bonds. The summed E-state index contributed by atoms with van der Waals surface area (Å²) in [6.07, 6.45) is 1.56. The van der Waals surface area contributed by atoms with Gasteiger partial charge in [0.05, 0.1) is 24.7 Å². The Hall–Kier alpha value is -1.43. The summed E-state index contributed by atoms with van der Waals surface area (Å²) < 4.78 is 5.99. The molecule has 0 unspecified atom stereocenters. The van der Waals surface area contributed by atoms with Gasteiger partial charge < -0.3 is 15.2 Å². The Morgan fingerprint density at radius 1 is 1.36 bits per heavy atom. The molecule has 2 aliphatic rings. The highest BCUT2D eigenvalue weighted by Crippen LogP contribution is 2.30. The van der Waals surface area contributed by atoms with E-state index in [4.69, 9.17) is 9.84 Å². The van der Waals surface area contributed by atoms with Gasteiger partial charge in [-0.3, -0.25) is 9.69 Å². The summed E-state index contributed by atoms with van der Waals surface area (Å²) in [5.74, 6) is -0.841. The zero-order valence-electron chi connectivity index (χ0n) is 12.9. The smallest absolute Gasteiger partial charge is 0.306 e. The average Bonchev–Trinajstić information content (AvgIpc) is 2.46. The molecule has 22 heavy (non-hydrogen) atoms. The summed E-state index contributed by atoms with van der Waals surface area (Å²) in [7, 11) is 2.14. The first-order chi connectivity index (χ1) is 10.6. The lowest BCUT2D eigenvalue weighted by Crippen LogP contribution is -2.51. The van der Waals surface area contributed by atoms with E-state index < -0.39 is 5.97 Å². The first-order valence-corrected chi connectivity index (χ1v) is 7.98. The van der Waals surface area contributed by atoms with E-state index in [2.05, 4.69) is 41.5 Å². The fourth-order valence-electron chi connectivity index (χ4n) is 3.42. The number of carbonyl (C=O) groups is 1. The maximum atomic E-state index is 10.9. The second-order valence-electron chi connectivity index (χ2n) is 6.36. The van der Waals surface area contributed by atoms with Crippen LogP contribution in [0.25, 0.3) is 0 Å². The summed E-state index contributed by atoms with van der Waals surface area (Å²) in [6.45, 7) is 2.44.